The zero-order valence-corrected chi connectivity index (χ0v) is 14.7. The van der Waals surface area contributed by atoms with E-state index in [-0.39, 0.29) is 19.1 Å². The van der Waals surface area contributed by atoms with Crippen LogP contribution in [-0.2, 0) is 11.3 Å². The van der Waals surface area contributed by atoms with Crippen LogP contribution in [-0.4, -0.2) is 29.8 Å². The average Bonchev–Trinajstić information content (AvgIpc) is 3.15. The topological polar surface area (TPSA) is 86.5 Å². The Hall–Kier alpha value is -3.06. The van der Waals surface area contributed by atoms with E-state index in [2.05, 4.69) is 15.5 Å². The molecule has 1 amide bonds. The number of hydrogen-bond donors (Lipinski definition) is 1. The summed E-state index contributed by atoms with van der Waals surface area (Å²) < 4.78 is 16.1. The maximum absolute atomic E-state index is 11.8. The van der Waals surface area contributed by atoms with Crippen LogP contribution < -0.4 is 14.8 Å². The summed E-state index contributed by atoms with van der Waals surface area (Å²) in [6.07, 6.45) is 0. The van der Waals surface area contributed by atoms with E-state index in [4.69, 9.17) is 25.5 Å². The number of hydrogen-bond acceptors (Lipinski definition) is 6. The minimum absolute atomic E-state index is 0.111. The number of nitrogens with zero attached hydrogens (tertiary/aromatic N) is 2. The Bertz CT molecular complexity index is 880. The van der Waals surface area contributed by atoms with E-state index in [1.54, 1.807) is 37.4 Å². The van der Waals surface area contributed by atoms with Crippen molar-refractivity contribution in [3.63, 3.8) is 0 Å². The van der Waals surface area contributed by atoms with Crippen LogP contribution in [0, 0.1) is 0 Å². The molecule has 0 saturated heterocycles. The molecule has 8 heteroatoms. The summed E-state index contributed by atoms with van der Waals surface area (Å²) in [5.41, 5.74) is 0.737. The van der Waals surface area contributed by atoms with E-state index in [9.17, 15) is 4.79 Å². The van der Waals surface area contributed by atoms with Crippen LogP contribution in [0.2, 0.25) is 5.02 Å². The van der Waals surface area contributed by atoms with Gasteiger partial charge in [0.15, 0.2) is 6.61 Å². The molecule has 7 nitrogen and oxygen atoms in total. The molecule has 0 aliphatic carbocycles. The summed E-state index contributed by atoms with van der Waals surface area (Å²) in [6, 6.07) is 14.0. The highest BCUT2D eigenvalue weighted by Gasteiger charge is 2.11. The largest absolute Gasteiger partial charge is 0.497 e. The van der Waals surface area contributed by atoms with Gasteiger partial charge in [-0.15, -0.1) is 10.2 Å². The second-order valence-corrected chi connectivity index (χ2v) is 5.69. The monoisotopic (exact) mass is 373 g/mol. The number of carbonyl (C=O) groups is 1. The number of rotatable bonds is 7. The van der Waals surface area contributed by atoms with Crippen molar-refractivity contribution >= 4 is 17.5 Å². The molecule has 26 heavy (non-hydrogen) atoms. The SMILES string of the molecule is COc1cccc(-c2nnc(CNC(=O)COc3ccc(Cl)cc3)o2)c1. The molecule has 0 atom stereocenters. The fraction of sp³-hybridized carbons (Fsp3) is 0.167. The molecule has 1 heterocycles. The maximum atomic E-state index is 11.8. The van der Waals surface area contributed by atoms with Crippen molar-refractivity contribution in [2.24, 2.45) is 0 Å². The van der Waals surface area contributed by atoms with Gasteiger partial charge in [-0.1, -0.05) is 17.7 Å². The van der Waals surface area contributed by atoms with Crippen molar-refractivity contribution in [2.45, 2.75) is 6.54 Å². The highest BCUT2D eigenvalue weighted by atomic mass is 35.5. The minimum Gasteiger partial charge on any atom is -0.497 e. The van der Waals surface area contributed by atoms with Gasteiger partial charge in [-0.3, -0.25) is 4.79 Å². The molecule has 0 aliphatic rings. The van der Waals surface area contributed by atoms with Crippen LogP contribution >= 0.6 is 11.6 Å². The summed E-state index contributed by atoms with van der Waals surface area (Å²) in [4.78, 5) is 11.8. The summed E-state index contributed by atoms with van der Waals surface area (Å²) in [6.45, 7) is -0.0156. The van der Waals surface area contributed by atoms with Gasteiger partial charge in [0, 0.05) is 10.6 Å². The molecule has 0 bridgehead atoms. The smallest absolute Gasteiger partial charge is 0.258 e. The Kier molecular flexibility index (Phi) is 5.70. The van der Waals surface area contributed by atoms with Gasteiger partial charge in [-0.25, -0.2) is 0 Å². The lowest BCUT2D eigenvalue weighted by Crippen LogP contribution is -2.28. The number of halogens is 1. The number of methoxy groups -OCH3 is 1. The molecule has 1 aromatic heterocycles. The first-order valence-corrected chi connectivity index (χ1v) is 8.14. The lowest BCUT2D eigenvalue weighted by Gasteiger charge is -2.06. The number of carbonyl (C=O) groups excluding carboxylic acids is 1. The van der Waals surface area contributed by atoms with E-state index < -0.39 is 0 Å². The number of nitrogens with one attached hydrogen (secondary N) is 1. The van der Waals surface area contributed by atoms with Gasteiger partial charge in [0.1, 0.15) is 11.5 Å². The van der Waals surface area contributed by atoms with E-state index >= 15 is 0 Å². The van der Waals surface area contributed by atoms with Crippen molar-refractivity contribution < 1.29 is 18.7 Å². The quantitative estimate of drug-likeness (QED) is 0.684. The predicted octanol–water partition coefficient (Wildman–Crippen LogP) is 3.09. The fourth-order valence-electron chi connectivity index (χ4n) is 2.10. The molecular formula is C18H16ClN3O4. The molecule has 0 unspecified atom stereocenters. The van der Waals surface area contributed by atoms with E-state index in [1.165, 1.54) is 0 Å². The average molecular weight is 374 g/mol. The zero-order chi connectivity index (χ0) is 18.4. The lowest BCUT2D eigenvalue weighted by atomic mass is 10.2. The Balaban J connectivity index is 1.51. The molecule has 3 aromatic rings. The van der Waals surface area contributed by atoms with Crippen LogP contribution in [0.15, 0.2) is 52.9 Å². The third kappa shape index (κ3) is 4.73. The van der Waals surface area contributed by atoms with Crippen LogP contribution in [0.1, 0.15) is 5.89 Å². The van der Waals surface area contributed by atoms with E-state index in [0.29, 0.717) is 28.3 Å². The summed E-state index contributed by atoms with van der Waals surface area (Å²) >= 11 is 5.79. The molecule has 0 saturated carbocycles. The summed E-state index contributed by atoms with van der Waals surface area (Å²) in [5, 5.41) is 11.2. The molecule has 0 fully saturated rings. The highest BCUT2D eigenvalue weighted by molar-refractivity contribution is 6.30. The summed E-state index contributed by atoms with van der Waals surface area (Å²) in [5.74, 6) is 1.59. The molecule has 0 spiro atoms. The molecule has 0 aliphatic heterocycles. The van der Waals surface area contributed by atoms with Gasteiger partial charge in [0.2, 0.25) is 11.8 Å². The van der Waals surface area contributed by atoms with Gasteiger partial charge in [-0.2, -0.15) is 0 Å². The predicted molar refractivity (Wildman–Crippen MR) is 95.1 cm³/mol. The Morgan fingerprint density at radius 3 is 2.73 bits per heavy atom. The molecular weight excluding hydrogens is 358 g/mol. The minimum atomic E-state index is -0.305. The van der Waals surface area contributed by atoms with Crippen LogP contribution in [0.4, 0.5) is 0 Å². The molecule has 1 N–H and O–H groups in total. The van der Waals surface area contributed by atoms with Gasteiger partial charge < -0.3 is 19.2 Å². The zero-order valence-electron chi connectivity index (χ0n) is 13.9. The number of amides is 1. The van der Waals surface area contributed by atoms with Crippen molar-refractivity contribution in [2.75, 3.05) is 13.7 Å². The fourth-order valence-corrected chi connectivity index (χ4v) is 2.23. The van der Waals surface area contributed by atoms with Gasteiger partial charge in [0.25, 0.3) is 5.91 Å². The van der Waals surface area contributed by atoms with Crippen molar-refractivity contribution in [1.82, 2.24) is 15.5 Å². The maximum Gasteiger partial charge on any atom is 0.258 e. The van der Waals surface area contributed by atoms with Crippen LogP contribution in [0.5, 0.6) is 11.5 Å². The third-order valence-electron chi connectivity index (χ3n) is 3.40. The Labute approximate surface area is 154 Å². The first-order valence-electron chi connectivity index (χ1n) is 7.76. The third-order valence-corrected chi connectivity index (χ3v) is 3.66. The molecule has 3 rings (SSSR count). The first kappa shape index (κ1) is 17.8. The van der Waals surface area contributed by atoms with Crippen molar-refractivity contribution in [3.05, 3.63) is 59.4 Å². The highest BCUT2D eigenvalue weighted by Crippen LogP contribution is 2.22. The van der Waals surface area contributed by atoms with Crippen LogP contribution in [0.3, 0.4) is 0 Å². The van der Waals surface area contributed by atoms with Gasteiger partial charge in [0.05, 0.1) is 13.7 Å². The second kappa shape index (κ2) is 8.35. The Morgan fingerprint density at radius 2 is 1.96 bits per heavy atom. The number of ether oxygens (including phenoxy) is 2. The molecule has 134 valence electrons. The Morgan fingerprint density at radius 1 is 1.15 bits per heavy atom. The van der Waals surface area contributed by atoms with Crippen LogP contribution in [0.25, 0.3) is 11.5 Å². The second-order valence-electron chi connectivity index (χ2n) is 5.25. The normalized spacial score (nSPS) is 10.4. The number of aromatic nitrogens is 2. The van der Waals surface area contributed by atoms with Crippen molar-refractivity contribution in [3.8, 4) is 23.0 Å². The lowest BCUT2D eigenvalue weighted by molar-refractivity contribution is -0.123. The first-order chi connectivity index (χ1) is 12.6. The van der Waals surface area contributed by atoms with E-state index in [0.717, 1.165) is 5.56 Å². The standard InChI is InChI=1S/C18H16ClN3O4/c1-24-15-4-2-3-12(9-15)18-22-21-17(26-18)10-20-16(23)11-25-14-7-5-13(19)6-8-14/h2-9H,10-11H2,1H3,(H,20,23). The number of benzene rings is 2. The summed E-state index contributed by atoms with van der Waals surface area (Å²) in [7, 11) is 1.58. The molecule has 2 aromatic carbocycles. The molecule has 0 radical (unpaired) electrons. The van der Waals surface area contributed by atoms with Gasteiger partial charge in [-0.05, 0) is 42.5 Å². The van der Waals surface area contributed by atoms with Gasteiger partial charge >= 0.3 is 0 Å². The van der Waals surface area contributed by atoms with Crippen molar-refractivity contribution in [1.29, 1.82) is 0 Å². The van der Waals surface area contributed by atoms with E-state index in [1.807, 2.05) is 18.2 Å².